The maximum absolute atomic E-state index is 12.6. The standard InChI is InChI=1S/C20H25F3N2O4S/c21-20(22,23)30(27,28)29-18-9-6-16(7-10-18)8-11-19(26)25-14-4-5-17(25)15-24-12-2-1-3-13-24/h6-11,17H,1-5,12-15H2. The highest BCUT2D eigenvalue weighted by Crippen LogP contribution is 2.27. The molecule has 166 valence electrons. The number of nitrogens with zero attached hydrogens (tertiary/aromatic N) is 2. The second-order valence-corrected chi connectivity index (χ2v) is 9.11. The highest BCUT2D eigenvalue weighted by Gasteiger charge is 2.48. The van der Waals surface area contributed by atoms with Crippen molar-refractivity contribution in [3.63, 3.8) is 0 Å². The molecule has 1 amide bonds. The minimum absolute atomic E-state index is 0.102. The SMILES string of the molecule is O=C(C=Cc1ccc(OS(=O)(=O)C(F)(F)F)cc1)N1CCCC1CN1CCCCC1. The number of likely N-dealkylation sites (tertiary alicyclic amines) is 2. The molecule has 6 nitrogen and oxygen atoms in total. The molecule has 3 rings (SSSR count). The molecule has 0 spiro atoms. The first-order valence-electron chi connectivity index (χ1n) is 9.97. The lowest BCUT2D eigenvalue weighted by Gasteiger charge is -2.32. The van der Waals surface area contributed by atoms with Gasteiger partial charge in [0.25, 0.3) is 0 Å². The van der Waals surface area contributed by atoms with Crippen molar-refractivity contribution < 1.29 is 30.6 Å². The number of benzene rings is 1. The third-order valence-corrected chi connectivity index (χ3v) is 6.34. The molecule has 2 heterocycles. The fraction of sp³-hybridized carbons (Fsp3) is 0.550. The Labute approximate surface area is 174 Å². The number of alkyl halides is 3. The van der Waals surface area contributed by atoms with Crippen molar-refractivity contribution in [3.05, 3.63) is 35.9 Å². The molecular formula is C20H25F3N2O4S. The normalized spacial score (nSPS) is 21.3. The van der Waals surface area contributed by atoms with Crippen molar-refractivity contribution in [2.75, 3.05) is 26.2 Å². The Hall–Kier alpha value is -2.07. The maximum Gasteiger partial charge on any atom is 0.534 e. The maximum atomic E-state index is 12.6. The molecule has 1 aromatic carbocycles. The molecule has 0 aromatic heterocycles. The summed E-state index contributed by atoms with van der Waals surface area (Å²) in [4.78, 5) is 16.9. The van der Waals surface area contributed by atoms with Gasteiger partial charge in [0.2, 0.25) is 5.91 Å². The summed E-state index contributed by atoms with van der Waals surface area (Å²) in [7, 11) is -5.70. The highest BCUT2D eigenvalue weighted by molar-refractivity contribution is 7.88. The van der Waals surface area contributed by atoms with Gasteiger partial charge in [-0.1, -0.05) is 18.6 Å². The minimum atomic E-state index is -5.70. The summed E-state index contributed by atoms with van der Waals surface area (Å²) < 4.78 is 63.2. The van der Waals surface area contributed by atoms with Crippen LogP contribution in [0.4, 0.5) is 13.2 Å². The molecule has 2 aliphatic rings. The number of hydrogen-bond donors (Lipinski definition) is 0. The van der Waals surface area contributed by atoms with Gasteiger partial charge in [-0.15, -0.1) is 0 Å². The van der Waals surface area contributed by atoms with Gasteiger partial charge in [0.05, 0.1) is 0 Å². The molecule has 0 radical (unpaired) electrons. The van der Waals surface area contributed by atoms with Gasteiger partial charge in [0, 0.05) is 25.2 Å². The van der Waals surface area contributed by atoms with Crippen LogP contribution in [0.5, 0.6) is 5.75 Å². The lowest BCUT2D eigenvalue weighted by Crippen LogP contribution is -2.44. The second kappa shape index (κ2) is 9.38. The van der Waals surface area contributed by atoms with Crippen molar-refractivity contribution in [3.8, 4) is 5.75 Å². The molecule has 0 bridgehead atoms. The van der Waals surface area contributed by atoms with Gasteiger partial charge < -0.3 is 14.0 Å². The van der Waals surface area contributed by atoms with Gasteiger partial charge in [0.1, 0.15) is 5.75 Å². The summed E-state index contributed by atoms with van der Waals surface area (Å²) in [5.74, 6) is -0.550. The van der Waals surface area contributed by atoms with Gasteiger partial charge in [-0.05, 0) is 62.5 Å². The molecule has 1 atom stereocenters. The molecule has 2 saturated heterocycles. The van der Waals surface area contributed by atoms with E-state index in [4.69, 9.17) is 0 Å². The molecule has 10 heteroatoms. The first-order chi connectivity index (χ1) is 14.2. The molecule has 30 heavy (non-hydrogen) atoms. The second-order valence-electron chi connectivity index (χ2n) is 7.57. The summed E-state index contributed by atoms with van der Waals surface area (Å²) in [6.07, 6.45) is 8.61. The first kappa shape index (κ1) is 22.6. The molecular weight excluding hydrogens is 421 g/mol. The minimum Gasteiger partial charge on any atom is -0.376 e. The monoisotopic (exact) mass is 446 g/mol. The van der Waals surface area contributed by atoms with E-state index in [0.29, 0.717) is 12.1 Å². The molecule has 0 aliphatic carbocycles. The third-order valence-electron chi connectivity index (χ3n) is 5.37. The van der Waals surface area contributed by atoms with Crippen LogP contribution < -0.4 is 4.18 Å². The average molecular weight is 446 g/mol. The molecule has 1 unspecified atom stereocenters. The average Bonchev–Trinajstić information content (AvgIpc) is 3.15. The van der Waals surface area contributed by atoms with Gasteiger partial charge in [-0.3, -0.25) is 4.79 Å². The Morgan fingerprint density at radius 2 is 1.73 bits per heavy atom. The van der Waals surface area contributed by atoms with Gasteiger partial charge in [-0.25, -0.2) is 0 Å². The van der Waals surface area contributed by atoms with Crippen LogP contribution in [0.3, 0.4) is 0 Å². The van der Waals surface area contributed by atoms with E-state index in [-0.39, 0.29) is 11.9 Å². The van der Waals surface area contributed by atoms with Crippen molar-refractivity contribution in [2.45, 2.75) is 43.7 Å². The van der Waals surface area contributed by atoms with Gasteiger partial charge in [0.15, 0.2) is 0 Å². The van der Waals surface area contributed by atoms with Crippen molar-refractivity contribution in [1.29, 1.82) is 0 Å². The van der Waals surface area contributed by atoms with Gasteiger partial charge >= 0.3 is 15.6 Å². The summed E-state index contributed by atoms with van der Waals surface area (Å²) in [5, 5.41) is 0. The van der Waals surface area contributed by atoms with E-state index in [1.54, 1.807) is 6.08 Å². The van der Waals surface area contributed by atoms with Crippen LogP contribution in [0.15, 0.2) is 30.3 Å². The van der Waals surface area contributed by atoms with Crippen LogP contribution in [0.2, 0.25) is 0 Å². The summed E-state index contributed by atoms with van der Waals surface area (Å²) >= 11 is 0. The topological polar surface area (TPSA) is 66.9 Å². The summed E-state index contributed by atoms with van der Waals surface area (Å²) in [5.41, 5.74) is -4.94. The Bertz CT molecular complexity index is 863. The van der Waals surface area contributed by atoms with Crippen molar-refractivity contribution in [1.82, 2.24) is 9.80 Å². The zero-order chi connectivity index (χ0) is 21.8. The van der Waals surface area contributed by atoms with E-state index < -0.39 is 21.4 Å². The Morgan fingerprint density at radius 1 is 1.07 bits per heavy atom. The van der Waals surface area contributed by atoms with Crippen LogP contribution in [-0.4, -0.2) is 61.9 Å². The molecule has 2 aliphatic heterocycles. The molecule has 1 aromatic rings. The zero-order valence-corrected chi connectivity index (χ0v) is 17.3. The largest absolute Gasteiger partial charge is 0.534 e. The van der Waals surface area contributed by atoms with Crippen LogP contribution in [0, 0.1) is 0 Å². The number of hydrogen-bond acceptors (Lipinski definition) is 5. The fourth-order valence-electron chi connectivity index (χ4n) is 3.83. The van der Waals surface area contributed by atoms with E-state index in [2.05, 4.69) is 9.08 Å². The van der Waals surface area contributed by atoms with Crippen LogP contribution >= 0.6 is 0 Å². The smallest absolute Gasteiger partial charge is 0.376 e. The first-order valence-corrected chi connectivity index (χ1v) is 11.4. The highest BCUT2D eigenvalue weighted by atomic mass is 32.2. The van der Waals surface area contributed by atoms with Crippen LogP contribution in [0.25, 0.3) is 6.08 Å². The lowest BCUT2D eigenvalue weighted by atomic mass is 10.1. The third kappa shape index (κ3) is 5.75. The number of piperidine rings is 1. The number of halogens is 3. The summed E-state index contributed by atoms with van der Waals surface area (Å²) in [6.45, 7) is 3.75. The number of rotatable bonds is 6. The van der Waals surface area contributed by atoms with E-state index in [1.807, 2.05) is 4.90 Å². The fourth-order valence-corrected chi connectivity index (χ4v) is 4.29. The quantitative estimate of drug-likeness (QED) is 0.381. The molecule has 2 fully saturated rings. The predicted octanol–water partition coefficient (Wildman–Crippen LogP) is 3.41. The molecule has 0 saturated carbocycles. The lowest BCUT2D eigenvalue weighted by molar-refractivity contribution is -0.127. The van der Waals surface area contributed by atoms with Crippen molar-refractivity contribution >= 4 is 22.1 Å². The van der Waals surface area contributed by atoms with E-state index in [0.717, 1.165) is 44.6 Å². The summed E-state index contributed by atoms with van der Waals surface area (Å²) in [6, 6.07) is 5.20. The number of amides is 1. The zero-order valence-electron chi connectivity index (χ0n) is 16.5. The van der Waals surface area contributed by atoms with E-state index in [1.165, 1.54) is 37.5 Å². The van der Waals surface area contributed by atoms with E-state index >= 15 is 0 Å². The predicted molar refractivity (Wildman–Crippen MR) is 106 cm³/mol. The van der Waals surface area contributed by atoms with Crippen LogP contribution in [0.1, 0.15) is 37.7 Å². The van der Waals surface area contributed by atoms with Gasteiger partial charge in [-0.2, -0.15) is 21.6 Å². The van der Waals surface area contributed by atoms with Crippen LogP contribution in [-0.2, 0) is 14.9 Å². The van der Waals surface area contributed by atoms with E-state index in [9.17, 15) is 26.4 Å². The Kier molecular flexibility index (Phi) is 7.07. The number of carbonyl (C=O) groups excluding carboxylic acids is 1. The van der Waals surface area contributed by atoms with Crippen molar-refractivity contribution in [2.24, 2.45) is 0 Å². The number of carbonyl (C=O) groups is 1. The Morgan fingerprint density at radius 3 is 2.37 bits per heavy atom. The molecule has 0 N–H and O–H groups in total. The Balaban J connectivity index is 1.57.